The highest BCUT2D eigenvalue weighted by Gasteiger charge is 1.96. The van der Waals surface area contributed by atoms with Gasteiger partial charge in [0.15, 0.2) is 0 Å². The van der Waals surface area contributed by atoms with Gasteiger partial charge >= 0.3 is 0 Å². The fourth-order valence-corrected chi connectivity index (χ4v) is 1.48. The molecule has 0 unspecified atom stereocenters. The molecule has 0 nitrogen and oxygen atoms in total. The highest BCUT2D eigenvalue weighted by molar-refractivity contribution is 8.23. The third kappa shape index (κ3) is 5.45. The standard InChI is InChI=1S/C9H16S2/c1-5-9(10)11-6-8(4)7(2)3/h5-6H2,1-4H3. The first-order chi connectivity index (χ1) is 5.07. The van der Waals surface area contributed by atoms with Crippen molar-refractivity contribution in [3.05, 3.63) is 11.1 Å². The quantitative estimate of drug-likeness (QED) is 0.488. The summed E-state index contributed by atoms with van der Waals surface area (Å²) in [6, 6.07) is 0. The topological polar surface area (TPSA) is 0 Å². The van der Waals surface area contributed by atoms with Gasteiger partial charge in [-0.1, -0.05) is 30.3 Å². The van der Waals surface area contributed by atoms with Crippen LogP contribution in [-0.2, 0) is 0 Å². The molecule has 0 rings (SSSR count). The zero-order valence-electron chi connectivity index (χ0n) is 7.73. The monoisotopic (exact) mass is 188 g/mol. The summed E-state index contributed by atoms with van der Waals surface area (Å²) in [5.41, 5.74) is 2.86. The van der Waals surface area contributed by atoms with Gasteiger partial charge in [0.1, 0.15) is 0 Å². The highest BCUT2D eigenvalue weighted by atomic mass is 32.2. The van der Waals surface area contributed by atoms with Gasteiger partial charge in [-0.25, -0.2) is 0 Å². The Balaban J connectivity index is 3.72. The average Bonchev–Trinajstić information content (AvgIpc) is 1.99. The van der Waals surface area contributed by atoms with Crippen LogP contribution in [0.15, 0.2) is 11.1 Å². The summed E-state index contributed by atoms with van der Waals surface area (Å²) < 4.78 is 1.12. The Bertz CT molecular complexity index is 164. The molecule has 0 atom stereocenters. The Kier molecular flexibility index (Phi) is 5.88. The SMILES string of the molecule is CCC(=S)SCC(C)=C(C)C. The first-order valence-electron chi connectivity index (χ1n) is 3.86. The predicted molar refractivity (Wildman–Crippen MR) is 59.4 cm³/mol. The third-order valence-corrected chi connectivity index (χ3v) is 3.42. The maximum atomic E-state index is 5.10. The van der Waals surface area contributed by atoms with Crippen LogP contribution >= 0.6 is 24.0 Å². The molecule has 0 fully saturated rings. The molecule has 0 spiro atoms. The minimum Gasteiger partial charge on any atom is -0.115 e. The number of rotatable bonds is 3. The van der Waals surface area contributed by atoms with Crippen LogP contribution in [0.2, 0.25) is 0 Å². The molecule has 0 amide bonds. The molecule has 11 heavy (non-hydrogen) atoms. The molecule has 2 heteroatoms. The van der Waals surface area contributed by atoms with Crippen LogP contribution in [0.5, 0.6) is 0 Å². The summed E-state index contributed by atoms with van der Waals surface area (Å²) in [4.78, 5) is 0. The van der Waals surface area contributed by atoms with E-state index in [1.54, 1.807) is 11.8 Å². The maximum absolute atomic E-state index is 5.10. The van der Waals surface area contributed by atoms with Crippen LogP contribution in [0.3, 0.4) is 0 Å². The lowest BCUT2D eigenvalue weighted by atomic mass is 10.2. The Morgan fingerprint density at radius 2 is 1.82 bits per heavy atom. The zero-order valence-corrected chi connectivity index (χ0v) is 9.36. The molecule has 0 heterocycles. The Morgan fingerprint density at radius 1 is 1.27 bits per heavy atom. The van der Waals surface area contributed by atoms with Gasteiger partial charge < -0.3 is 0 Å². The fraction of sp³-hybridized carbons (Fsp3) is 0.667. The molecule has 0 aromatic carbocycles. The Hall–Kier alpha value is 0.180. The van der Waals surface area contributed by atoms with Crippen molar-refractivity contribution < 1.29 is 0 Å². The Labute approximate surface area is 79.5 Å². The second kappa shape index (κ2) is 5.78. The van der Waals surface area contributed by atoms with Crippen LogP contribution in [-0.4, -0.2) is 9.95 Å². The van der Waals surface area contributed by atoms with Gasteiger partial charge in [0.25, 0.3) is 0 Å². The largest absolute Gasteiger partial charge is 0.115 e. The van der Waals surface area contributed by atoms with E-state index >= 15 is 0 Å². The van der Waals surface area contributed by atoms with E-state index in [9.17, 15) is 0 Å². The van der Waals surface area contributed by atoms with Crippen molar-refractivity contribution in [2.45, 2.75) is 34.1 Å². The number of hydrogen-bond acceptors (Lipinski definition) is 2. The molecule has 0 aromatic rings. The van der Waals surface area contributed by atoms with Crippen molar-refractivity contribution in [1.82, 2.24) is 0 Å². The van der Waals surface area contributed by atoms with Crippen LogP contribution in [0, 0.1) is 0 Å². The number of allylic oxidation sites excluding steroid dienone is 1. The molecule has 0 aliphatic rings. The van der Waals surface area contributed by atoms with Gasteiger partial charge in [0.2, 0.25) is 0 Å². The van der Waals surface area contributed by atoms with Crippen molar-refractivity contribution >= 4 is 28.2 Å². The van der Waals surface area contributed by atoms with E-state index in [0.717, 1.165) is 16.4 Å². The highest BCUT2D eigenvalue weighted by Crippen LogP contribution is 2.14. The van der Waals surface area contributed by atoms with Crippen LogP contribution in [0.4, 0.5) is 0 Å². The summed E-state index contributed by atoms with van der Waals surface area (Å²) in [6.07, 6.45) is 1.01. The lowest BCUT2D eigenvalue weighted by molar-refractivity contribution is 1.24. The third-order valence-electron chi connectivity index (χ3n) is 1.59. The zero-order chi connectivity index (χ0) is 8.85. The van der Waals surface area contributed by atoms with Gasteiger partial charge in [0, 0.05) is 9.95 Å². The van der Waals surface area contributed by atoms with Gasteiger partial charge in [-0.05, 0) is 27.2 Å². The number of thioether (sulfide) groups is 1. The van der Waals surface area contributed by atoms with Crippen molar-refractivity contribution in [2.75, 3.05) is 5.75 Å². The van der Waals surface area contributed by atoms with Gasteiger partial charge in [-0.15, -0.1) is 11.8 Å². The van der Waals surface area contributed by atoms with Gasteiger partial charge in [-0.3, -0.25) is 0 Å². The summed E-state index contributed by atoms with van der Waals surface area (Å²) in [5.74, 6) is 1.06. The van der Waals surface area contributed by atoms with E-state index < -0.39 is 0 Å². The van der Waals surface area contributed by atoms with E-state index in [0.29, 0.717) is 0 Å². The van der Waals surface area contributed by atoms with E-state index in [2.05, 4.69) is 27.7 Å². The summed E-state index contributed by atoms with van der Waals surface area (Å²) in [7, 11) is 0. The number of hydrogen-bond donors (Lipinski definition) is 0. The lowest BCUT2D eigenvalue weighted by Crippen LogP contribution is -1.90. The molecule has 0 aromatic heterocycles. The molecule has 0 aliphatic heterocycles. The van der Waals surface area contributed by atoms with Crippen LogP contribution in [0.1, 0.15) is 34.1 Å². The van der Waals surface area contributed by atoms with E-state index in [1.807, 2.05) is 0 Å². The molecule has 0 N–H and O–H groups in total. The molecule has 0 saturated carbocycles. The predicted octanol–water partition coefficient (Wildman–Crippen LogP) is 3.81. The summed E-state index contributed by atoms with van der Waals surface area (Å²) in [5, 5.41) is 0. The van der Waals surface area contributed by atoms with E-state index in [-0.39, 0.29) is 0 Å². The first-order valence-corrected chi connectivity index (χ1v) is 5.25. The molecular formula is C9H16S2. The molecule has 0 bridgehead atoms. The fourth-order valence-electron chi connectivity index (χ4n) is 0.435. The van der Waals surface area contributed by atoms with E-state index in [1.165, 1.54) is 11.1 Å². The normalized spacial score (nSPS) is 9.45. The van der Waals surface area contributed by atoms with Crippen LogP contribution in [0.25, 0.3) is 0 Å². The second-order valence-corrected chi connectivity index (χ2v) is 4.62. The minimum absolute atomic E-state index is 1.01. The average molecular weight is 188 g/mol. The smallest absolute Gasteiger partial charge is 0.0478 e. The molecule has 0 aliphatic carbocycles. The molecular weight excluding hydrogens is 172 g/mol. The molecule has 0 saturated heterocycles. The minimum atomic E-state index is 1.01. The van der Waals surface area contributed by atoms with Crippen molar-refractivity contribution in [3.8, 4) is 0 Å². The summed E-state index contributed by atoms with van der Waals surface area (Å²) >= 11 is 6.89. The van der Waals surface area contributed by atoms with E-state index in [4.69, 9.17) is 12.2 Å². The van der Waals surface area contributed by atoms with Crippen molar-refractivity contribution in [1.29, 1.82) is 0 Å². The van der Waals surface area contributed by atoms with Crippen molar-refractivity contribution in [3.63, 3.8) is 0 Å². The molecule has 64 valence electrons. The van der Waals surface area contributed by atoms with Crippen LogP contribution < -0.4 is 0 Å². The maximum Gasteiger partial charge on any atom is 0.0478 e. The molecule has 0 radical (unpaired) electrons. The van der Waals surface area contributed by atoms with Gasteiger partial charge in [-0.2, -0.15) is 0 Å². The Morgan fingerprint density at radius 3 is 2.18 bits per heavy atom. The van der Waals surface area contributed by atoms with Crippen molar-refractivity contribution in [2.24, 2.45) is 0 Å². The van der Waals surface area contributed by atoms with Gasteiger partial charge in [0.05, 0.1) is 0 Å². The second-order valence-electron chi connectivity index (χ2n) is 2.79. The first kappa shape index (κ1) is 11.2. The lowest BCUT2D eigenvalue weighted by Gasteiger charge is -2.02. The summed E-state index contributed by atoms with van der Waals surface area (Å²) in [6.45, 7) is 8.56. The number of thiocarbonyl (C=S) groups is 1.